The summed E-state index contributed by atoms with van der Waals surface area (Å²) in [6, 6.07) is 8.47. The van der Waals surface area contributed by atoms with Gasteiger partial charge in [0.2, 0.25) is 0 Å². The molecular formula is C16H18FN3O2. The Hall–Kier alpha value is -2.50. The molecule has 0 saturated carbocycles. The van der Waals surface area contributed by atoms with Gasteiger partial charge in [-0.3, -0.25) is 9.59 Å². The van der Waals surface area contributed by atoms with Gasteiger partial charge in [-0.1, -0.05) is 12.1 Å². The molecule has 0 aliphatic heterocycles. The van der Waals surface area contributed by atoms with Crippen LogP contribution in [0.15, 0.2) is 41.2 Å². The molecule has 0 bridgehead atoms. The number of halogens is 1. The van der Waals surface area contributed by atoms with Gasteiger partial charge in [0.1, 0.15) is 11.5 Å². The monoisotopic (exact) mass is 303 g/mol. The Morgan fingerprint density at radius 2 is 1.82 bits per heavy atom. The van der Waals surface area contributed by atoms with Crippen LogP contribution >= 0.6 is 0 Å². The van der Waals surface area contributed by atoms with Crippen LogP contribution in [0.25, 0.3) is 0 Å². The summed E-state index contributed by atoms with van der Waals surface area (Å²) in [6.45, 7) is 5.76. The van der Waals surface area contributed by atoms with Gasteiger partial charge in [-0.2, -0.15) is 5.10 Å². The second kappa shape index (κ2) is 6.09. The molecule has 6 heteroatoms. The Morgan fingerprint density at radius 1 is 1.18 bits per heavy atom. The Kier molecular flexibility index (Phi) is 4.40. The van der Waals surface area contributed by atoms with Gasteiger partial charge in [-0.05, 0) is 44.5 Å². The molecule has 2 rings (SSSR count). The predicted octanol–water partition coefficient (Wildman–Crippen LogP) is 1.96. The van der Waals surface area contributed by atoms with Crippen LogP contribution in [-0.2, 0) is 6.54 Å². The first-order valence-corrected chi connectivity index (χ1v) is 6.90. The lowest BCUT2D eigenvalue weighted by Crippen LogP contribution is -2.41. The first kappa shape index (κ1) is 15.9. The number of carbonyl (C=O) groups excluding carboxylic acids is 1. The topological polar surface area (TPSA) is 64.0 Å². The summed E-state index contributed by atoms with van der Waals surface area (Å²) in [7, 11) is 0. The Bertz CT molecular complexity index is 730. The molecule has 0 saturated heterocycles. The maximum Gasteiger partial charge on any atom is 0.272 e. The molecule has 0 unspecified atom stereocenters. The Labute approximate surface area is 127 Å². The van der Waals surface area contributed by atoms with E-state index in [1.807, 2.05) is 20.8 Å². The van der Waals surface area contributed by atoms with Gasteiger partial charge < -0.3 is 5.32 Å². The van der Waals surface area contributed by atoms with Gasteiger partial charge >= 0.3 is 0 Å². The second-order valence-corrected chi connectivity index (χ2v) is 6.05. The van der Waals surface area contributed by atoms with Crippen LogP contribution < -0.4 is 10.9 Å². The normalized spacial score (nSPS) is 11.3. The van der Waals surface area contributed by atoms with Crippen LogP contribution in [0.5, 0.6) is 0 Å². The van der Waals surface area contributed by atoms with E-state index < -0.39 is 5.54 Å². The van der Waals surface area contributed by atoms with Crippen molar-refractivity contribution >= 4 is 5.91 Å². The predicted molar refractivity (Wildman–Crippen MR) is 81.2 cm³/mol. The minimum absolute atomic E-state index is 0.164. The van der Waals surface area contributed by atoms with Gasteiger partial charge in [0.05, 0.1) is 6.54 Å². The minimum Gasteiger partial charge on any atom is -0.346 e. The van der Waals surface area contributed by atoms with Crippen molar-refractivity contribution < 1.29 is 9.18 Å². The van der Waals surface area contributed by atoms with Crippen LogP contribution in [-0.4, -0.2) is 21.2 Å². The van der Waals surface area contributed by atoms with Crippen LogP contribution in [0.1, 0.15) is 36.8 Å². The number of amides is 1. The molecule has 1 aromatic heterocycles. The Balaban J connectivity index is 2.25. The fraction of sp³-hybridized carbons (Fsp3) is 0.312. The van der Waals surface area contributed by atoms with Crippen molar-refractivity contribution in [2.45, 2.75) is 32.9 Å². The third kappa shape index (κ3) is 4.25. The van der Waals surface area contributed by atoms with E-state index in [1.54, 1.807) is 12.1 Å². The summed E-state index contributed by atoms with van der Waals surface area (Å²) in [5.74, 6) is -0.692. The molecule has 0 fully saturated rings. The highest BCUT2D eigenvalue weighted by molar-refractivity contribution is 5.92. The highest BCUT2D eigenvalue weighted by atomic mass is 19.1. The van der Waals surface area contributed by atoms with Crippen molar-refractivity contribution in [1.29, 1.82) is 0 Å². The number of hydrogen-bond acceptors (Lipinski definition) is 3. The largest absolute Gasteiger partial charge is 0.346 e. The smallest absolute Gasteiger partial charge is 0.272 e. The van der Waals surface area contributed by atoms with E-state index in [2.05, 4.69) is 10.4 Å². The van der Waals surface area contributed by atoms with Crippen molar-refractivity contribution in [2.75, 3.05) is 0 Å². The molecule has 0 aliphatic carbocycles. The third-order valence-corrected chi connectivity index (χ3v) is 2.83. The van der Waals surface area contributed by atoms with E-state index in [0.29, 0.717) is 0 Å². The highest BCUT2D eigenvalue weighted by Gasteiger charge is 2.17. The number of carbonyl (C=O) groups is 1. The van der Waals surface area contributed by atoms with Crippen molar-refractivity contribution in [1.82, 2.24) is 15.1 Å². The van der Waals surface area contributed by atoms with E-state index in [4.69, 9.17) is 0 Å². The fourth-order valence-corrected chi connectivity index (χ4v) is 1.85. The minimum atomic E-state index is -0.392. The first-order valence-electron chi connectivity index (χ1n) is 6.90. The van der Waals surface area contributed by atoms with Gasteiger partial charge in [-0.15, -0.1) is 0 Å². The van der Waals surface area contributed by atoms with Crippen LogP contribution in [0, 0.1) is 5.82 Å². The Morgan fingerprint density at radius 3 is 2.41 bits per heavy atom. The lowest BCUT2D eigenvalue weighted by Gasteiger charge is -2.20. The number of nitrogens with zero attached hydrogens (tertiary/aromatic N) is 2. The molecule has 0 atom stereocenters. The zero-order valence-electron chi connectivity index (χ0n) is 12.8. The van der Waals surface area contributed by atoms with Gasteiger partial charge in [0.25, 0.3) is 11.5 Å². The maximum atomic E-state index is 12.9. The average Bonchev–Trinajstić information content (AvgIpc) is 2.41. The summed E-state index contributed by atoms with van der Waals surface area (Å²) in [5.41, 5.74) is 0.175. The van der Waals surface area contributed by atoms with Crippen LogP contribution in [0.2, 0.25) is 0 Å². The van der Waals surface area contributed by atoms with Gasteiger partial charge in [0.15, 0.2) is 0 Å². The molecule has 5 nitrogen and oxygen atoms in total. The maximum absolute atomic E-state index is 12.9. The SMILES string of the molecule is CC(C)(C)NC(=O)c1ccc(=O)n(Cc2ccc(F)cc2)n1. The lowest BCUT2D eigenvalue weighted by molar-refractivity contribution is 0.0912. The quantitative estimate of drug-likeness (QED) is 0.942. The summed E-state index contributed by atoms with van der Waals surface area (Å²) >= 11 is 0. The van der Waals surface area contributed by atoms with Crippen molar-refractivity contribution in [3.63, 3.8) is 0 Å². The second-order valence-electron chi connectivity index (χ2n) is 6.05. The number of rotatable bonds is 3. The van der Waals surface area contributed by atoms with Gasteiger partial charge in [0, 0.05) is 11.6 Å². The molecular weight excluding hydrogens is 285 g/mol. The standard InChI is InChI=1S/C16H18FN3O2/c1-16(2,3)18-15(22)13-8-9-14(21)20(19-13)10-11-4-6-12(17)7-5-11/h4-9H,10H2,1-3H3,(H,18,22). The fourth-order valence-electron chi connectivity index (χ4n) is 1.85. The zero-order chi connectivity index (χ0) is 16.3. The van der Waals surface area contributed by atoms with E-state index in [1.165, 1.54) is 28.9 Å². The highest BCUT2D eigenvalue weighted by Crippen LogP contribution is 2.05. The third-order valence-electron chi connectivity index (χ3n) is 2.83. The van der Waals surface area contributed by atoms with Gasteiger partial charge in [-0.25, -0.2) is 9.07 Å². The van der Waals surface area contributed by atoms with Crippen LogP contribution in [0.4, 0.5) is 4.39 Å². The molecule has 116 valence electrons. The average molecular weight is 303 g/mol. The van der Waals surface area contributed by atoms with Crippen molar-refractivity contribution in [3.05, 3.63) is 63.8 Å². The van der Waals surface area contributed by atoms with Crippen molar-refractivity contribution in [3.8, 4) is 0 Å². The van der Waals surface area contributed by atoms with Crippen molar-refractivity contribution in [2.24, 2.45) is 0 Å². The summed E-state index contributed by atoms with van der Waals surface area (Å²) in [5, 5.41) is 6.86. The number of hydrogen-bond donors (Lipinski definition) is 1. The molecule has 1 heterocycles. The summed E-state index contributed by atoms with van der Waals surface area (Å²) < 4.78 is 14.1. The molecule has 0 radical (unpaired) electrons. The van der Waals surface area contributed by atoms with E-state index in [-0.39, 0.29) is 29.5 Å². The zero-order valence-corrected chi connectivity index (χ0v) is 12.8. The lowest BCUT2D eigenvalue weighted by atomic mass is 10.1. The molecule has 2 aromatic rings. The summed E-state index contributed by atoms with van der Waals surface area (Å²) in [6.07, 6.45) is 0. The first-order chi connectivity index (χ1) is 10.2. The van der Waals surface area contributed by atoms with E-state index in [9.17, 15) is 14.0 Å². The molecule has 0 aliphatic rings. The molecule has 1 aromatic carbocycles. The molecule has 22 heavy (non-hydrogen) atoms. The number of benzene rings is 1. The number of aromatic nitrogens is 2. The van der Waals surface area contributed by atoms with Crippen LogP contribution in [0.3, 0.4) is 0 Å². The molecule has 1 N–H and O–H groups in total. The molecule has 1 amide bonds. The van der Waals surface area contributed by atoms with E-state index in [0.717, 1.165) is 5.56 Å². The van der Waals surface area contributed by atoms with E-state index >= 15 is 0 Å². The number of nitrogens with one attached hydrogen (secondary N) is 1. The molecule has 0 spiro atoms. The summed E-state index contributed by atoms with van der Waals surface area (Å²) in [4.78, 5) is 23.9.